The number of hydrogen-bond donors (Lipinski definition) is 1. The lowest BCUT2D eigenvalue weighted by molar-refractivity contribution is 0.0257. The second-order valence-electron chi connectivity index (χ2n) is 5.41. The van der Waals surface area contributed by atoms with E-state index in [1.54, 1.807) is 23.2 Å². The van der Waals surface area contributed by atoms with Crippen LogP contribution in [-0.4, -0.2) is 24.0 Å². The molecule has 1 aromatic carbocycles. The third-order valence-electron chi connectivity index (χ3n) is 3.91. The molecule has 0 atom stereocenters. The highest BCUT2D eigenvalue weighted by molar-refractivity contribution is 5.87. The first-order chi connectivity index (χ1) is 10.5. The predicted molar refractivity (Wildman–Crippen MR) is 86.0 cm³/mol. The molecule has 3 rings (SSSR count). The van der Waals surface area contributed by atoms with Gasteiger partial charge < -0.3 is 10.6 Å². The maximum absolute atomic E-state index is 13.4. The second-order valence-corrected chi connectivity index (χ2v) is 5.41. The molecule has 1 aromatic heterocycles. The second kappa shape index (κ2) is 5.40. The lowest BCUT2D eigenvalue weighted by Crippen LogP contribution is -2.26. The predicted octanol–water partition coefficient (Wildman–Crippen LogP) is 3.82. The lowest BCUT2D eigenvalue weighted by Gasteiger charge is -2.21. The fourth-order valence-electron chi connectivity index (χ4n) is 2.79. The Morgan fingerprint density at radius 3 is 2.68 bits per heavy atom. The van der Waals surface area contributed by atoms with Gasteiger partial charge in [-0.1, -0.05) is 36.9 Å². The number of nitrogens with zero attached hydrogens (tertiary/aromatic N) is 2. The number of nitrogens with two attached hydrogens (primary N) is 1. The van der Waals surface area contributed by atoms with Crippen LogP contribution in [0.15, 0.2) is 43.1 Å². The number of alkyl halides is 2. The number of halogens is 2. The van der Waals surface area contributed by atoms with E-state index in [1.165, 1.54) is 0 Å². The molecule has 0 aliphatic carbocycles. The van der Waals surface area contributed by atoms with Crippen molar-refractivity contribution in [2.24, 2.45) is 0 Å². The van der Waals surface area contributed by atoms with Crippen LogP contribution < -0.4 is 10.6 Å². The molecule has 0 unspecified atom stereocenters. The molecule has 22 heavy (non-hydrogen) atoms. The summed E-state index contributed by atoms with van der Waals surface area (Å²) in [6.07, 6.45) is 3.19. The molecule has 2 N–H and O–H groups in total. The molecule has 114 valence electrons. The zero-order valence-electron chi connectivity index (χ0n) is 12.1. The van der Waals surface area contributed by atoms with Gasteiger partial charge in [-0.05, 0) is 17.2 Å². The molecule has 2 heterocycles. The van der Waals surface area contributed by atoms with E-state index in [-0.39, 0.29) is 19.5 Å². The van der Waals surface area contributed by atoms with Gasteiger partial charge in [-0.2, -0.15) is 0 Å². The lowest BCUT2D eigenvalue weighted by atomic mass is 9.99. The minimum Gasteiger partial charge on any atom is -0.395 e. The van der Waals surface area contributed by atoms with Gasteiger partial charge in [0.2, 0.25) is 0 Å². The molecular weight excluding hydrogens is 284 g/mol. The van der Waals surface area contributed by atoms with E-state index >= 15 is 0 Å². The molecule has 1 aliphatic heterocycles. The Labute approximate surface area is 128 Å². The van der Waals surface area contributed by atoms with Gasteiger partial charge in [0.05, 0.1) is 12.2 Å². The van der Waals surface area contributed by atoms with Crippen LogP contribution in [0.25, 0.3) is 17.2 Å². The van der Waals surface area contributed by atoms with Crippen molar-refractivity contribution in [1.82, 2.24) is 4.98 Å². The van der Waals surface area contributed by atoms with E-state index in [9.17, 15) is 8.78 Å². The first-order valence-corrected chi connectivity index (χ1v) is 7.11. The number of benzene rings is 1. The highest BCUT2D eigenvalue weighted by atomic mass is 19.3. The largest absolute Gasteiger partial charge is 0.395 e. The molecule has 0 amide bonds. The van der Waals surface area contributed by atoms with Crippen LogP contribution >= 0.6 is 0 Å². The van der Waals surface area contributed by atoms with Gasteiger partial charge in [-0.3, -0.25) is 0 Å². The molecule has 2 aromatic rings. The van der Waals surface area contributed by atoms with Gasteiger partial charge >= 0.3 is 0 Å². The van der Waals surface area contributed by atoms with E-state index in [0.717, 1.165) is 16.7 Å². The molecule has 5 heteroatoms. The quantitative estimate of drug-likeness (QED) is 0.937. The molecule has 1 saturated heterocycles. The fraction of sp³-hybridized carbons (Fsp3) is 0.235. The Bertz CT molecular complexity index is 713. The van der Waals surface area contributed by atoms with Gasteiger partial charge in [0.1, 0.15) is 0 Å². The number of anilines is 2. The van der Waals surface area contributed by atoms with Crippen LogP contribution in [0.3, 0.4) is 0 Å². The summed E-state index contributed by atoms with van der Waals surface area (Å²) in [4.78, 5) is 5.76. The van der Waals surface area contributed by atoms with E-state index in [4.69, 9.17) is 5.73 Å². The number of aromatic nitrogens is 1. The van der Waals surface area contributed by atoms with Crippen molar-refractivity contribution < 1.29 is 8.78 Å². The summed E-state index contributed by atoms with van der Waals surface area (Å²) in [5.41, 5.74) is 9.30. The summed E-state index contributed by atoms with van der Waals surface area (Å²) in [5, 5.41) is 0. The Morgan fingerprint density at radius 2 is 2.00 bits per heavy atom. The van der Waals surface area contributed by atoms with Gasteiger partial charge in [-0.15, -0.1) is 0 Å². The normalized spacial score (nSPS) is 16.7. The average Bonchev–Trinajstić information content (AvgIpc) is 2.87. The fourth-order valence-corrected chi connectivity index (χ4v) is 2.79. The molecular formula is C17H17F2N3. The van der Waals surface area contributed by atoms with Gasteiger partial charge in [0.25, 0.3) is 5.92 Å². The molecule has 0 spiro atoms. The maximum Gasteiger partial charge on any atom is 0.266 e. The summed E-state index contributed by atoms with van der Waals surface area (Å²) in [7, 11) is 0. The summed E-state index contributed by atoms with van der Waals surface area (Å²) in [6, 6.07) is 9.50. The summed E-state index contributed by atoms with van der Waals surface area (Å²) < 4.78 is 26.9. The Morgan fingerprint density at radius 1 is 1.23 bits per heavy atom. The highest BCUT2D eigenvalue weighted by Gasteiger charge is 2.39. The molecule has 0 saturated carbocycles. The third-order valence-corrected chi connectivity index (χ3v) is 3.91. The minimum atomic E-state index is -2.68. The SMILES string of the molecule is C=Cc1ccccc1-c1ccnc(N2CCC(F)(F)C2)c1N. The van der Waals surface area contributed by atoms with Crippen molar-refractivity contribution in [3.8, 4) is 11.1 Å². The Balaban J connectivity index is 2.05. The summed E-state index contributed by atoms with van der Waals surface area (Å²) >= 11 is 0. The van der Waals surface area contributed by atoms with E-state index in [0.29, 0.717) is 11.5 Å². The topological polar surface area (TPSA) is 42.2 Å². The van der Waals surface area contributed by atoms with Gasteiger partial charge in [0.15, 0.2) is 5.82 Å². The first kappa shape index (κ1) is 14.5. The molecule has 1 aliphatic rings. The highest BCUT2D eigenvalue weighted by Crippen LogP contribution is 2.37. The minimum absolute atomic E-state index is 0.165. The van der Waals surface area contributed by atoms with Crippen molar-refractivity contribution in [2.45, 2.75) is 12.3 Å². The van der Waals surface area contributed by atoms with Crippen molar-refractivity contribution in [1.29, 1.82) is 0 Å². The van der Waals surface area contributed by atoms with Crippen LogP contribution in [0.5, 0.6) is 0 Å². The van der Waals surface area contributed by atoms with Crippen molar-refractivity contribution in [3.05, 3.63) is 48.7 Å². The van der Waals surface area contributed by atoms with E-state index < -0.39 is 5.92 Å². The van der Waals surface area contributed by atoms with E-state index in [2.05, 4.69) is 11.6 Å². The Kier molecular flexibility index (Phi) is 3.56. The number of pyridine rings is 1. The van der Waals surface area contributed by atoms with Gasteiger partial charge in [0, 0.05) is 24.7 Å². The van der Waals surface area contributed by atoms with Crippen molar-refractivity contribution >= 4 is 17.6 Å². The number of rotatable bonds is 3. The molecule has 0 radical (unpaired) electrons. The molecule has 3 nitrogen and oxygen atoms in total. The van der Waals surface area contributed by atoms with Crippen LogP contribution in [0, 0.1) is 0 Å². The maximum atomic E-state index is 13.4. The Hall–Kier alpha value is -2.43. The van der Waals surface area contributed by atoms with Crippen LogP contribution in [-0.2, 0) is 0 Å². The van der Waals surface area contributed by atoms with E-state index in [1.807, 2.05) is 24.3 Å². The monoisotopic (exact) mass is 301 g/mol. The number of nitrogen functional groups attached to an aromatic ring is 1. The van der Waals surface area contributed by atoms with Crippen LogP contribution in [0.2, 0.25) is 0 Å². The van der Waals surface area contributed by atoms with Gasteiger partial charge in [-0.25, -0.2) is 13.8 Å². The zero-order chi connectivity index (χ0) is 15.7. The zero-order valence-corrected chi connectivity index (χ0v) is 12.1. The number of hydrogen-bond acceptors (Lipinski definition) is 3. The van der Waals surface area contributed by atoms with Crippen molar-refractivity contribution in [2.75, 3.05) is 23.7 Å². The average molecular weight is 301 g/mol. The molecule has 1 fully saturated rings. The first-order valence-electron chi connectivity index (χ1n) is 7.11. The summed E-state index contributed by atoms with van der Waals surface area (Å²) in [5.74, 6) is -2.25. The standard InChI is InChI=1S/C17H17F2N3/c1-2-12-5-3-4-6-13(12)14-7-9-21-16(15(14)20)22-10-8-17(18,19)11-22/h2-7,9H,1,8,10-11,20H2. The van der Waals surface area contributed by atoms with Crippen LogP contribution in [0.4, 0.5) is 20.3 Å². The smallest absolute Gasteiger partial charge is 0.266 e. The third kappa shape index (κ3) is 2.54. The van der Waals surface area contributed by atoms with Crippen LogP contribution in [0.1, 0.15) is 12.0 Å². The summed E-state index contributed by atoms with van der Waals surface area (Å²) in [6.45, 7) is 3.72. The molecule has 0 bridgehead atoms. The van der Waals surface area contributed by atoms with Crippen molar-refractivity contribution in [3.63, 3.8) is 0 Å².